The molecule has 0 aliphatic rings. The van der Waals surface area contributed by atoms with Crippen LogP contribution in [0.25, 0.3) is 0 Å². The van der Waals surface area contributed by atoms with E-state index in [0.717, 1.165) is 6.07 Å². The maximum Gasteiger partial charge on any atom is 0.168 e. The van der Waals surface area contributed by atoms with Gasteiger partial charge in [-0.1, -0.05) is 0 Å². The van der Waals surface area contributed by atoms with Crippen molar-refractivity contribution in [3.05, 3.63) is 23.3 Å². The van der Waals surface area contributed by atoms with Crippen LogP contribution in [-0.4, -0.2) is 22.8 Å². The minimum Gasteiger partial charge on any atom is -0.504 e. The molecule has 1 rings (SSSR count). The molecule has 0 unspecified atom stereocenters. The Kier molecular flexibility index (Phi) is 2.09. The van der Waals surface area contributed by atoms with E-state index < -0.39 is 11.5 Å². The lowest BCUT2D eigenvalue weighted by molar-refractivity contribution is 0.109. The van der Waals surface area contributed by atoms with E-state index in [0.29, 0.717) is 12.6 Å². The monoisotopic (exact) mass is 166 g/mol. The third-order valence-electron chi connectivity index (χ3n) is 1.47. The van der Waals surface area contributed by atoms with Crippen molar-refractivity contribution in [1.29, 1.82) is 0 Å². The van der Waals surface area contributed by atoms with Crippen LogP contribution in [0.5, 0.6) is 11.5 Å². The highest BCUT2D eigenvalue weighted by Gasteiger charge is 2.09. The van der Waals surface area contributed by atoms with Gasteiger partial charge in [0, 0.05) is 5.56 Å². The molecule has 0 heterocycles. The van der Waals surface area contributed by atoms with E-state index in [4.69, 9.17) is 10.2 Å². The van der Waals surface area contributed by atoms with Gasteiger partial charge in [-0.15, -0.1) is 0 Å². The van der Waals surface area contributed by atoms with Crippen LogP contribution in [0.4, 0.5) is 0 Å². The molecule has 0 bridgehead atoms. The SMILES string of the molecule is O=Cc1ccc(O)c(O)c1C=O. The van der Waals surface area contributed by atoms with E-state index in [2.05, 4.69) is 0 Å². The predicted molar refractivity (Wildman–Crippen MR) is 40.5 cm³/mol. The number of phenols is 2. The second kappa shape index (κ2) is 3.04. The first-order chi connectivity index (χ1) is 5.70. The van der Waals surface area contributed by atoms with Crippen molar-refractivity contribution in [3.8, 4) is 11.5 Å². The Morgan fingerprint density at radius 2 is 1.75 bits per heavy atom. The standard InChI is InChI=1S/C8H6O4/c9-3-5-1-2-7(11)8(12)6(5)4-10/h1-4,11-12H. The number of phenolic OH excluding ortho intramolecular Hbond substituents is 2. The van der Waals surface area contributed by atoms with Gasteiger partial charge in [-0.3, -0.25) is 9.59 Å². The van der Waals surface area contributed by atoms with Gasteiger partial charge in [0.25, 0.3) is 0 Å². The second-order valence-electron chi connectivity index (χ2n) is 2.17. The lowest BCUT2D eigenvalue weighted by Crippen LogP contribution is -1.90. The van der Waals surface area contributed by atoms with E-state index in [1.165, 1.54) is 6.07 Å². The number of hydrogen-bond acceptors (Lipinski definition) is 4. The quantitative estimate of drug-likeness (QED) is 0.501. The van der Waals surface area contributed by atoms with E-state index >= 15 is 0 Å². The molecule has 12 heavy (non-hydrogen) atoms. The summed E-state index contributed by atoms with van der Waals surface area (Å²) in [7, 11) is 0. The number of aromatic hydroxyl groups is 2. The Labute approximate surface area is 68.1 Å². The molecule has 0 radical (unpaired) electrons. The average molecular weight is 166 g/mol. The maximum absolute atomic E-state index is 10.3. The van der Waals surface area contributed by atoms with Crippen molar-refractivity contribution in [1.82, 2.24) is 0 Å². The van der Waals surface area contributed by atoms with Crippen molar-refractivity contribution in [2.75, 3.05) is 0 Å². The lowest BCUT2D eigenvalue weighted by atomic mass is 10.1. The van der Waals surface area contributed by atoms with Gasteiger partial charge < -0.3 is 10.2 Å². The third kappa shape index (κ3) is 1.14. The minimum absolute atomic E-state index is 0.0558. The third-order valence-corrected chi connectivity index (χ3v) is 1.47. The smallest absolute Gasteiger partial charge is 0.168 e. The molecule has 0 aliphatic carbocycles. The number of carbonyl (C=O) groups is 2. The van der Waals surface area contributed by atoms with Crippen LogP contribution in [0.3, 0.4) is 0 Å². The molecular formula is C8H6O4. The van der Waals surface area contributed by atoms with Gasteiger partial charge in [0.15, 0.2) is 24.1 Å². The first kappa shape index (κ1) is 8.26. The van der Waals surface area contributed by atoms with Crippen LogP contribution in [0, 0.1) is 0 Å². The fraction of sp³-hybridized carbons (Fsp3) is 0. The highest BCUT2D eigenvalue weighted by atomic mass is 16.3. The van der Waals surface area contributed by atoms with Gasteiger partial charge in [-0.05, 0) is 12.1 Å². The predicted octanol–water partition coefficient (Wildman–Crippen LogP) is 0.723. The molecule has 0 saturated carbocycles. The molecule has 0 spiro atoms. The highest BCUT2D eigenvalue weighted by Crippen LogP contribution is 2.28. The van der Waals surface area contributed by atoms with E-state index in [9.17, 15) is 9.59 Å². The average Bonchev–Trinajstić information content (AvgIpc) is 2.09. The summed E-state index contributed by atoms with van der Waals surface area (Å²) in [4.78, 5) is 20.6. The van der Waals surface area contributed by atoms with Crippen molar-refractivity contribution in [3.63, 3.8) is 0 Å². The van der Waals surface area contributed by atoms with E-state index in [1.807, 2.05) is 0 Å². The molecule has 4 heteroatoms. The molecule has 1 aromatic carbocycles. The molecule has 0 amide bonds. The molecular weight excluding hydrogens is 160 g/mol. The summed E-state index contributed by atoms with van der Waals surface area (Å²) in [6.07, 6.45) is 0.752. The zero-order valence-corrected chi connectivity index (χ0v) is 6.02. The zero-order valence-electron chi connectivity index (χ0n) is 6.02. The summed E-state index contributed by atoms with van der Waals surface area (Å²) in [6, 6.07) is 2.40. The second-order valence-corrected chi connectivity index (χ2v) is 2.17. The Morgan fingerprint density at radius 3 is 2.25 bits per heavy atom. The van der Waals surface area contributed by atoms with Gasteiger partial charge in [0.1, 0.15) is 0 Å². The Balaban J connectivity index is 3.45. The van der Waals surface area contributed by atoms with Gasteiger partial charge in [0.05, 0.1) is 5.56 Å². The highest BCUT2D eigenvalue weighted by molar-refractivity contribution is 5.93. The Bertz CT molecular complexity index is 330. The molecule has 0 atom stereocenters. The number of aldehydes is 2. The molecule has 2 N–H and O–H groups in total. The van der Waals surface area contributed by atoms with Crippen LogP contribution in [-0.2, 0) is 0 Å². The fourth-order valence-corrected chi connectivity index (χ4v) is 0.839. The normalized spacial score (nSPS) is 9.33. The van der Waals surface area contributed by atoms with Gasteiger partial charge in [-0.25, -0.2) is 0 Å². The van der Waals surface area contributed by atoms with Crippen LogP contribution < -0.4 is 0 Å². The number of carbonyl (C=O) groups excluding carboxylic acids is 2. The van der Waals surface area contributed by atoms with Crippen LogP contribution in [0.15, 0.2) is 12.1 Å². The summed E-state index contributed by atoms with van der Waals surface area (Å²) in [5.74, 6) is -0.975. The zero-order chi connectivity index (χ0) is 9.14. The Hall–Kier alpha value is -1.84. The minimum atomic E-state index is -0.561. The summed E-state index contributed by atoms with van der Waals surface area (Å²) >= 11 is 0. The Morgan fingerprint density at radius 1 is 1.08 bits per heavy atom. The van der Waals surface area contributed by atoms with Gasteiger partial charge in [0.2, 0.25) is 0 Å². The summed E-state index contributed by atoms with van der Waals surface area (Å²) in [6.45, 7) is 0. The topological polar surface area (TPSA) is 74.6 Å². The number of hydrogen-bond donors (Lipinski definition) is 2. The molecule has 0 fully saturated rings. The molecule has 62 valence electrons. The largest absolute Gasteiger partial charge is 0.504 e. The molecule has 0 aromatic heterocycles. The molecule has 0 saturated heterocycles. The lowest BCUT2D eigenvalue weighted by Gasteiger charge is -2.01. The van der Waals surface area contributed by atoms with Crippen molar-refractivity contribution in [2.24, 2.45) is 0 Å². The summed E-state index contributed by atoms with van der Waals surface area (Å²) < 4.78 is 0. The van der Waals surface area contributed by atoms with Crippen LogP contribution in [0.1, 0.15) is 20.7 Å². The van der Waals surface area contributed by atoms with Crippen molar-refractivity contribution < 1.29 is 19.8 Å². The fourth-order valence-electron chi connectivity index (χ4n) is 0.839. The van der Waals surface area contributed by atoms with Gasteiger partial charge >= 0.3 is 0 Å². The van der Waals surface area contributed by atoms with Crippen molar-refractivity contribution >= 4 is 12.6 Å². The number of benzene rings is 1. The van der Waals surface area contributed by atoms with Crippen molar-refractivity contribution in [2.45, 2.75) is 0 Å². The number of rotatable bonds is 2. The first-order valence-electron chi connectivity index (χ1n) is 3.16. The molecule has 4 nitrogen and oxygen atoms in total. The molecule has 1 aromatic rings. The van der Waals surface area contributed by atoms with E-state index in [-0.39, 0.29) is 11.1 Å². The molecule has 0 aliphatic heterocycles. The maximum atomic E-state index is 10.3. The summed E-state index contributed by atoms with van der Waals surface area (Å²) in [5, 5.41) is 18.0. The van der Waals surface area contributed by atoms with Crippen LogP contribution in [0.2, 0.25) is 0 Å². The van der Waals surface area contributed by atoms with Gasteiger partial charge in [-0.2, -0.15) is 0 Å². The first-order valence-corrected chi connectivity index (χ1v) is 3.16. The van der Waals surface area contributed by atoms with E-state index in [1.54, 1.807) is 0 Å². The van der Waals surface area contributed by atoms with Crippen LogP contribution >= 0.6 is 0 Å². The summed E-state index contributed by atoms with van der Waals surface area (Å²) in [5.41, 5.74) is -0.134.